The Labute approximate surface area is 122 Å². The second kappa shape index (κ2) is 5.99. The molecule has 0 unspecified atom stereocenters. The summed E-state index contributed by atoms with van der Waals surface area (Å²) in [4.78, 5) is 14.4. The van der Waals surface area contributed by atoms with Gasteiger partial charge in [-0.05, 0) is 28.1 Å². The molecule has 0 N–H and O–H groups in total. The van der Waals surface area contributed by atoms with Crippen molar-refractivity contribution in [3.8, 4) is 11.6 Å². The minimum absolute atomic E-state index is 0.0687. The maximum absolute atomic E-state index is 10.8. The number of benzene rings is 1. The lowest BCUT2D eigenvalue weighted by Crippen LogP contribution is -1.95. The van der Waals surface area contributed by atoms with E-state index in [1.165, 1.54) is 6.07 Å². The highest BCUT2D eigenvalue weighted by atomic mass is 79.9. The highest BCUT2D eigenvalue weighted by Gasteiger charge is 2.17. The summed E-state index contributed by atoms with van der Waals surface area (Å²) in [5.41, 5.74) is 0.642. The Hall–Kier alpha value is -1.66. The van der Waals surface area contributed by atoms with Gasteiger partial charge in [0.2, 0.25) is 5.88 Å². The molecule has 0 aliphatic heterocycles. The first-order valence-corrected chi connectivity index (χ1v) is 6.57. The van der Waals surface area contributed by atoms with Crippen molar-refractivity contribution >= 4 is 33.2 Å². The molecule has 0 bridgehead atoms. The van der Waals surface area contributed by atoms with E-state index in [1.54, 1.807) is 30.5 Å². The summed E-state index contributed by atoms with van der Waals surface area (Å²) in [5.74, 6) is 0.897. The van der Waals surface area contributed by atoms with Crippen molar-refractivity contribution in [2.24, 2.45) is 0 Å². The third kappa shape index (κ3) is 3.02. The van der Waals surface area contributed by atoms with Gasteiger partial charge in [-0.2, -0.15) is 0 Å². The molecule has 5 nitrogen and oxygen atoms in total. The standard InChI is InChI=1S/C12H8BrClN2O3/c13-11-9(16(17)18)4-1-5-10(11)19-12-8(7-14)3-2-6-15-12/h1-6H,7H2. The maximum Gasteiger partial charge on any atom is 0.287 e. The van der Waals surface area contributed by atoms with Crippen LogP contribution in [0.3, 0.4) is 0 Å². The number of hydrogen-bond acceptors (Lipinski definition) is 4. The van der Waals surface area contributed by atoms with Gasteiger partial charge in [0.1, 0.15) is 4.47 Å². The Kier molecular flexibility index (Phi) is 4.34. The molecule has 0 radical (unpaired) electrons. The van der Waals surface area contributed by atoms with Gasteiger partial charge in [-0.3, -0.25) is 10.1 Å². The Morgan fingerprint density at radius 1 is 1.37 bits per heavy atom. The van der Waals surface area contributed by atoms with Crippen molar-refractivity contribution < 1.29 is 9.66 Å². The van der Waals surface area contributed by atoms with Gasteiger partial charge in [0.25, 0.3) is 5.69 Å². The number of pyridine rings is 1. The van der Waals surface area contributed by atoms with Crippen LogP contribution in [-0.2, 0) is 5.88 Å². The van der Waals surface area contributed by atoms with Crippen LogP contribution in [0.15, 0.2) is 41.0 Å². The van der Waals surface area contributed by atoms with Gasteiger partial charge in [-0.25, -0.2) is 4.98 Å². The lowest BCUT2D eigenvalue weighted by molar-refractivity contribution is -0.385. The quantitative estimate of drug-likeness (QED) is 0.472. The minimum Gasteiger partial charge on any atom is -0.437 e. The fourth-order valence-corrected chi connectivity index (χ4v) is 2.13. The predicted octanol–water partition coefficient (Wildman–Crippen LogP) is 4.28. The SMILES string of the molecule is O=[N+]([O-])c1cccc(Oc2ncccc2CCl)c1Br. The van der Waals surface area contributed by atoms with Crippen molar-refractivity contribution in [3.63, 3.8) is 0 Å². The van der Waals surface area contributed by atoms with Crippen molar-refractivity contribution in [1.82, 2.24) is 4.98 Å². The van der Waals surface area contributed by atoms with Gasteiger partial charge in [-0.15, -0.1) is 11.6 Å². The number of hydrogen-bond donors (Lipinski definition) is 0. The number of alkyl halides is 1. The largest absolute Gasteiger partial charge is 0.437 e. The molecule has 1 aromatic carbocycles. The Morgan fingerprint density at radius 3 is 2.84 bits per heavy atom. The summed E-state index contributed by atoms with van der Waals surface area (Å²) in [6.07, 6.45) is 1.57. The number of nitrogens with zero attached hydrogens (tertiary/aromatic N) is 2. The molecule has 0 fully saturated rings. The third-order valence-electron chi connectivity index (χ3n) is 2.34. The summed E-state index contributed by atoms with van der Waals surface area (Å²) >= 11 is 8.94. The monoisotopic (exact) mass is 342 g/mol. The molecule has 0 aliphatic rings. The Morgan fingerprint density at radius 2 is 2.16 bits per heavy atom. The molecule has 7 heteroatoms. The fourth-order valence-electron chi connectivity index (χ4n) is 1.44. The van der Waals surface area contributed by atoms with E-state index in [0.29, 0.717) is 17.2 Å². The van der Waals surface area contributed by atoms with Crippen LogP contribution in [0, 0.1) is 10.1 Å². The Balaban J connectivity index is 2.39. The number of ether oxygens (including phenoxy) is 1. The summed E-state index contributed by atoms with van der Waals surface area (Å²) in [6, 6.07) is 8.07. The van der Waals surface area contributed by atoms with Gasteiger partial charge in [0, 0.05) is 17.8 Å². The van der Waals surface area contributed by atoms with Crippen LogP contribution in [0.1, 0.15) is 5.56 Å². The smallest absolute Gasteiger partial charge is 0.287 e. The van der Waals surface area contributed by atoms with Crippen LogP contribution >= 0.6 is 27.5 Å². The van der Waals surface area contributed by atoms with E-state index in [1.807, 2.05) is 0 Å². The fraction of sp³-hybridized carbons (Fsp3) is 0.0833. The van der Waals surface area contributed by atoms with Crippen LogP contribution in [0.4, 0.5) is 5.69 Å². The predicted molar refractivity (Wildman–Crippen MR) is 74.7 cm³/mol. The van der Waals surface area contributed by atoms with Crippen LogP contribution in [0.5, 0.6) is 11.6 Å². The Bertz CT molecular complexity index is 622. The number of nitro benzene ring substituents is 1. The van der Waals surface area contributed by atoms with E-state index in [4.69, 9.17) is 16.3 Å². The molecule has 2 aromatic rings. The van der Waals surface area contributed by atoms with Crippen LogP contribution in [0.2, 0.25) is 0 Å². The molecule has 0 atom stereocenters. The second-order valence-electron chi connectivity index (χ2n) is 3.55. The molecule has 1 heterocycles. The summed E-state index contributed by atoms with van der Waals surface area (Å²) in [6.45, 7) is 0. The average molecular weight is 344 g/mol. The lowest BCUT2D eigenvalue weighted by Gasteiger charge is -2.09. The first-order chi connectivity index (χ1) is 9.13. The highest BCUT2D eigenvalue weighted by Crippen LogP contribution is 2.36. The number of rotatable bonds is 4. The zero-order chi connectivity index (χ0) is 13.8. The molecule has 98 valence electrons. The topological polar surface area (TPSA) is 65.3 Å². The van der Waals surface area contributed by atoms with Gasteiger partial charge in [0.05, 0.1) is 10.8 Å². The summed E-state index contributed by atoms with van der Waals surface area (Å²) in [5, 5.41) is 10.8. The highest BCUT2D eigenvalue weighted by molar-refractivity contribution is 9.10. The van der Waals surface area contributed by atoms with Crippen molar-refractivity contribution in [2.75, 3.05) is 0 Å². The molecule has 0 saturated carbocycles. The molecule has 19 heavy (non-hydrogen) atoms. The van der Waals surface area contributed by atoms with Crippen molar-refractivity contribution in [2.45, 2.75) is 5.88 Å². The molecular formula is C12H8BrClN2O3. The number of halogens is 2. The van der Waals surface area contributed by atoms with Crippen LogP contribution < -0.4 is 4.74 Å². The summed E-state index contributed by atoms with van der Waals surface area (Å²) in [7, 11) is 0. The zero-order valence-corrected chi connectivity index (χ0v) is 11.9. The second-order valence-corrected chi connectivity index (χ2v) is 4.61. The number of nitro groups is 1. The van der Waals surface area contributed by atoms with E-state index < -0.39 is 4.92 Å². The number of aromatic nitrogens is 1. The van der Waals surface area contributed by atoms with E-state index in [0.717, 1.165) is 0 Å². The molecule has 1 aromatic heterocycles. The third-order valence-corrected chi connectivity index (χ3v) is 3.43. The van der Waals surface area contributed by atoms with E-state index in [9.17, 15) is 10.1 Å². The molecule has 0 amide bonds. The van der Waals surface area contributed by atoms with Gasteiger partial charge >= 0.3 is 0 Å². The molecule has 0 saturated heterocycles. The van der Waals surface area contributed by atoms with Crippen LogP contribution in [-0.4, -0.2) is 9.91 Å². The maximum atomic E-state index is 10.8. The molecular weight excluding hydrogens is 336 g/mol. The van der Waals surface area contributed by atoms with Crippen LogP contribution in [0.25, 0.3) is 0 Å². The van der Waals surface area contributed by atoms with Gasteiger partial charge in [-0.1, -0.05) is 12.1 Å². The van der Waals surface area contributed by atoms with Crippen molar-refractivity contribution in [3.05, 3.63) is 56.7 Å². The van der Waals surface area contributed by atoms with Gasteiger partial charge < -0.3 is 4.74 Å². The first kappa shape index (κ1) is 13.8. The average Bonchev–Trinajstić information content (AvgIpc) is 2.41. The zero-order valence-electron chi connectivity index (χ0n) is 9.55. The normalized spacial score (nSPS) is 10.2. The van der Waals surface area contributed by atoms with E-state index in [2.05, 4.69) is 20.9 Å². The van der Waals surface area contributed by atoms with E-state index >= 15 is 0 Å². The molecule has 0 aliphatic carbocycles. The van der Waals surface area contributed by atoms with Crippen molar-refractivity contribution in [1.29, 1.82) is 0 Å². The summed E-state index contributed by atoms with van der Waals surface area (Å²) < 4.78 is 5.84. The molecule has 0 spiro atoms. The minimum atomic E-state index is -0.488. The lowest BCUT2D eigenvalue weighted by atomic mass is 10.3. The van der Waals surface area contributed by atoms with Gasteiger partial charge in [0.15, 0.2) is 5.75 Å². The first-order valence-electron chi connectivity index (χ1n) is 5.24. The van der Waals surface area contributed by atoms with E-state index in [-0.39, 0.29) is 16.0 Å². The molecule has 2 rings (SSSR count).